The van der Waals surface area contributed by atoms with Gasteiger partial charge in [0.2, 0.25) is 10.0 Å². The third kappa shape index (κ3) is 5.54. The fraction of sp³-hybridized carbons (Fsp3) is 0.444. The first-order chi connectivity index (χ1) is 12.7. The van der Waals surface area contributed by atoms with E-state index in [9.17, 15) is 8.42 Å². The summed E-state index contributed by atoms with van der Waals surface area (Å²) in [6.45, 7) is 7.17. The maximum absolute atomic E-state index is 12.3. The Bertz CT molecular complexity index is 901. The topological polar surface area (TPSA) is 100 Å². The lowest BCUT2D eigenvalue weighted by Crippen LogP contribution is -2.41. The summed E-state index contributed by atoms with van der Waals surface area (Å²) < 4.78 is 28.9. The van der Waals surface area contributed by atoms with Gasteiger partial charge in [0.05, 0.1) is 10.6 Å². The predicted octanol–water partition coefficient (Wildman–Crippen LogP) is 0.989. The molecular formula is C18H28N6O2S. The van der Waals surface area contributed by atoms with E-state index in [2.05, 4.69) is 25.4 Å². The van der Waals surface area contributed by atoms with Crippen molar-refractivity contribution in [2.75, 3.05) is 20.1 Å². The molecule has 0 aliphatic carbocycles. The highest BCUT2D eigenvalue weighted by molar-refractivity contribution is 7.89. The van der Waals surface area contributed by atoms with Gasteiger partial charge in [0.15, 0.2) is 5.96 Å². The molecule has 1 aromatic carbocycles. The van der Waals surface area contributed by atoms with E-state index in [4.69, 9.17) is 0 Å². The normalized spacial score (nSPS) is 12.3. The number of aryl methyl sites for hydroxylation is 3. The summed E-state index contributed by atoms with van der Waals surface area (Å²) in [6.07, 6.45) is 0. The zero-order valence-electron chi connectivity index (χ0n) is 16.5. The van der Waals surface area contributed by atoms with Gasteiger partial charge in [0.1, 0.15) is 0 Å². The van der Waals surface area contributed by atoms with Crippen molar-refractivity contribution in [1.29, 1.82) is 0 Å². The molecule has 0 radical (unpaired) electrons. The highest BCUT2D eigenvalue weighted by Gasteiger charge is 2.13. The summed E-state index contributed by atoms with van der Waals surface area (Å²) in [5.41, 5.74) is 4.22. The predicted molar refractivity (Wildman–Crippen MR) is 107 cm³/mol. The highest BCUT2D eigenvalue weighted by Crippen LogP contribution is 2.11. The van der Waals surface area contributed by atoms with Crippen LogP contribution in [-0.4, -0.2) is 44.3 Å². The average Bonchev–Trinajstić information content (AvgIpc) is 2.87. The maximum Gasteiger partial charge on any atom is 0.240 e. The molecule has 0 fully saturated rings. The summed E-state index contributed by atoms with van der Waals surface area (Å²) in [5.74, 6) is 0.604. The zero-order valence-corrected chi connectivity index (χ0v) is 17.3. The van der Waals surface area contributed by atoms with Crippen LogP contribution in [0, 0.1) is 20.8 Å². The lowest BCUT2D eigenvalue weighted by Gasteiger charge is -2.13. The Labute approximate surface area is 161 Å². The molecule has 0 amide bonds. The Morgan fingerprint density at radius 2 is 1.78 bits per heavy atom. The lowest BCUT2D eigenvalue weighted by molar-refractivity contribution is 0.580. The lowest BCUT2D eigenvalue weighted by atomic mass is 10.2. The largest absolute Gasteiger partial charge is 0.355 e. The van der Waals surface area contributed by atoms with E-state index in [1.165, 1.54) is 0 Å². The van der Waals surface area contributed by atoms with Crippen LogP contribution in [0.3, 0.4) is 0 Å². The fourth-order valence-corrected chi connectivity index (χ4v) is 3.66. The van der Waals surface area contributed by atoms with Crippen LogP contribution in [0.4, 0.5) is 0 Å². The summed E-state index contributed by atoms with van der Waals surface area (Å²) in [7, 11) is 0.0843. The summed E-state index contributed by atoms with van der Waals surface area (Å²) in [6, 6.07) is 6.76. The summed E-state index contributed by atoms with van der Waals surface area (Å²) >= 11 is 0. The highest BCUT2D eigenvalue weighted by atomic mass is 32.2. The zero-order chi connectivity index (χ0) is 20.0. The van der Waals surface area contributed by atoms with Gasteiger partial charge in [-0.15, -0.1) is 0 Å². The number of hydrogen-bond acceptors (Lipinski definition) is 4. The van der Waals surface area contributed by atoms with E-state index in [-0.39, 0.29) is 11.4 Å². The van der Waals surface area contributed by atoms with Crippen molar-refractivity contribution in [2.45, 2.75) is 32.2 Å². The van der Waals surface area contributed by atoms with Gasteiger partial charge in [-0.1, -0.05) is 17.7 Å². The van der Waals surface area contributed by atoms with Crippen molar-refractivity contribution in [3.8, 4) is 0 Å². The summed E-state index contributed by atoms with van der Waals surface area (Å²) in [4.78, 5) is 4.42. The first-order valence-electron chi connectivity index (χ1n) is 8.74. The molecule has 2 aromatic rings. The number of benzene rings is 1. The smallest absolute Gasteiger partial charge is 0.240 e. The van der Waals surface area contributed by atoms with Crippen molar-refractivity contribution in [3.63, 3.8) is 0 Å². The number of sulfonamides is 1. The molecule has 1 aromatic heterocycles. The van der Waals surface area contributed by atoms with Gasteiger partial charge < -0.3 is 10.6 Å². The minimum Gasteiger partial charge on any atom is -0.355 e. The number of hydrogen-bond donors (Lipinski definition) is 3. The third-order valence-corrected chi connectivity index (χ3v) is 5.83. The van der Waals surface area contributed by atoms with Gasteiger partial charge in [-0.3, -0.25) is 9.67 Å². The first kappa shape index (κ1) is 20.9. The number of guanidine groups is 1. The second kappa shape index (κ2) is 9.01. The molecule has 2 rings (SSSR count). The van der Waals surface area contributed by atoms with Crippen molar-refractivity contribution in [2.24, 2.45) is 12.0 Å². The SMILES string of the molecule is CN=C(NCCNS(=O)(=O)c1ccc(C)cc1)NCc1c(C)nn(C)c1C. The number of aromatic nitrogens is 2. The number of nitrogens with one attached hydrogen (secondary N) is 3. The second-order valence-electron chi connectivity index (χ2n) is 6.34. The molecule has 0 bridgehead atoms. The van der Waals surface area contributed by atoms with Gasteiger partial charge in [-0.05, 0) is 32.9 Å². The number of aliphatic imine (C=N–C) groups is 1. The van der Waals surface area contributed by atoms with E-state index >= 15 is 0 Å². The van der Waals surface area contributed by atoms with Crippen molar-refractivity contribution in [3.05, 3.63) is 46.8 Å². The van der Waals surface area contributed by atoms with Crippen LogP contribution >= 0.6 is 0 Å². The average molecular weight is 393 g/mol. The van der Waals surface area contributed by atoms with E-state index in [1.807, 2.05) is 32.5 Å². The fourth-order valence-electron chi connectivity index (χ4n) is 2.63. The molecule has 0 spiro atoms. The quantitative estimate of drug-likeness (QED) is 0.371. The Hall–Kier alpha value is -2.39. The minimum absolute atomic E-state index is 0.252. The van der Waals surface area contributed by atoms with Crippen LogP contribution in [0.5, 0.6) is 0 Å². The standard InChI is InChI=1S/C18H28N6O2S/c1-13-6-8-16(9-7-13)27(25,26)22-11-10-20-18(19-4)21-12-17-14(2)23-24(5)15(17)3/h6-9,22H,10-12H2,1-5H3,(H2,19,20,21). The Kier molecular flexibility index (Phi) is 6.98. The second-order valence-corrected chi connectivity index (χ2v) is 8.10. The molecule has 0 unspecified atom stereocenters. The van der Waals surface area contributed by atoms with Crippen LogP contribution in [-0.2, 0) is 23.6 Å². The Morgan fingerprint density at radius 1 is 1.11 bits per heavy atom. The summed E-state index contributed by atoms with van der Waals surface area (Å²) in [5, 5.41) is 10.7. The molecule has 1 heterocycles. The van der Waals surface area contributed by atoms with Crippen molar-refractivity contribution < 1.29 is 8.42 Å². The van der Waals surface area contributed by atoms with Crippen molar-refractivity contribution in [1.82, 2.24) is 25.1 Å². The van der Waals surface area contributed by atoms with Crippen LogP contribution in [0.15, 0.2) is 34.2 Å². The molecule has 0 saturated carbocycles. The molecule has 8 nitrogen and oxygen atoms in total. The minimum atomic E-state index is -3.51. The number of nitrogens with zero attached hydrogens (tertiary/aromatic N) is 3. The monoisotopic (exact) mass is 392 g/mol. The molecule has 9 heteroatoms. The van der Waals surface area contributed by atoms with Crippen LogP contribution < -0.4 is 15.4 Å². The molecule has 3 N–H and O–H groups in total. The Morgan fingerprint density at radius 3 is 2.33 bits per heavy atom. The van der Waals surface area contributed by atoms with Crippen molar-refractivity contribution >= 4 is 16.0 Å². The van der Waals surface area contributed by atoms with Gasteiger partial charge in [-0.2, -0.15) is 5.10 Å². The van der Waals surface area contributed by atoms with Gasteiger partial charge >= 0.3 is 0 Å². The van der Waals surface area contributed by atoms with E-state index < -0.39 is 10.0 Å². The molecular weight excluding hydrogens is 364 g/mol. The van der Waals surface area contributed by atoms with Crippen LogP contribution in [0.1, 0.15) is 22.5 Å². The number of rotatable bonds is 7. The van der Waals surface area contributed by atoms with E-state index in [0.29, 0.717) is 19.0 Å². The molecule has 0 aliphatic rings. The van der Waals surface area contributed by atoms with Crippen LogP contribution in [0.25, 0.3) is 0 Å². The molecule has 0 saturated heterocycles. The molecule has 148 valence electrons. The molecule has 27 heavy (non-hydrogen) atoms. The third-order valence-electron chi connectivity index (χ3n) is 4.36. The van der Waals surface area contributed by atoms with Crippen LogP contribution in [0.2, 0.25) is 0 Å². The Balaban J connectivity index is 1.82. The van der Waals surface area contributed by atoms with Gasteiger partial charge in [0.25, 0.3) is 0 Å². The molecule has 0 aliphatic heterocycles. The van der Waals surface area contributed by atoms with E-state index in [1.54, 1.807) is 31.3 Å². The maximum atomic E-state index is 12.3. The first-order valence-corrected chi connectivity index (χ1v) is 10.2. The molecule has 0 atom stereocenters. The van der Waals surface area contributed by atoms with E-state index in [0.717, 1.165) is 22.5 Å². The van der Waals surface area contributed by atoms with Gasteiger partial charge in [0, 0.05) is 45.0 Å². The van der Waals surface area contributed by atoms with Gasteiger partial charge in [-0.25, -0.2) is 13.1 Å².